The summed E-state index contributed by atoms with van der Waals surface area (Å²) in [4.78, 5) is 26.5. The van der Waals surface area contributed by atoms with Crippen LogP contribution in [0.15, 0.2) is 72.8 Å². The third-order valence-electron chi connectivity index (χ3n) is 4.74. The van der Waals surface area contributed by atoms with Crippen molar-refractivity contribution >= 4 is 35.0 Å². The fraction of sp³-hybridized carbons (Fsp3) is 0.130. The molecule has 3 aromatic rings. The molecule has 0 bridgehead atoms. The second kappa shape index (κ2) is 8.59. The number of methoxy groups -OCH3 is 1. The van der Waals surface area contributed by atoms with Crippen molar-refractivity contribution in [3.05, 3.63) is 89.7 Å². The topological polar surface area (TPSA) is 58.6 Å². The minimum absolute atomic E-state index is 0.0639. The van der Waals surface area contributed by atoms with Crippen LogP contribution in [0.25, 0.3) is 0 Å². The summed E-state index contributed by atoms with van der Waals surface area (Å²) in [6, 6.07) is 20.3. The van der Waals surface area contributed by atoms with Crippen molar-refractivity contribution in [3.63, 3.8) is 0 Å². The van der Waals surface area contributed by atoms with Crippen LogP contribution in [-0.4, -0.2) is 24.7 Å². The van der Waals surface area contributed by atoms with Crippen molar-refractivity contribution in [1.29, 1.82) is 0 Å². The molecule has 1 aliphatic rings. The first kappa shape index (κ1) is 20.0. The number of halogens is 1. The number of nitrogens with one attached hydrogen (secondary N) is 1. The average Bonchev–Trinajstić information content (AvgIpc) is 3.15. The summed E-state index contributed by atoms with van der Waals surface area (Å²) in [5, 5.41) is 2.61. The van der Waals surface area contributed by atoms with E-state index >= 15 is 0 Å². The van der Waals surface area contributed by atoms with Crippen LogP contribution in [0.3, 0.4) is 0 Å². The van der Waals surface area contributed by atoms with E-state index in [1.54, 1.807) is 60.5 Å². The minimum atomic E-state index is -0.383. The van der Waals surface area contributed by atoms with E-state index in [4.69, 9.17) is 4.74 Å². The fourth-order valence-electron chi connectivity index (χ4n) is 3.27. The Morgan fingerprint density at radius 2 is 1.87 bits per heavy atom. The molecule has 152 valence electrons. The maximum Gasteiger partial charge on any atom is 0.255 e. The van der Waals surface area contributed by atoms with Gasteiger partial charge in [0.25, 0.3) is 5.91 Å². The SMILES string of the molecule is COc1cccc(C(=O)Nc2ccc(C3SCC(=O)N3c3cccc(F)c3)cc2)c1. The smallest absolute Gasteiger partial charge is 0.255 e. The normalized spacial score (nSPS) is 15.9. The second-order valence-corrected chi connectivity index (χ2v) is 7.78. The molecule has 30 heavy (non-hydrogen) atoms. The van der Waals surface area contributed by atoms with Crippen LogP contribution in [0.4, 0.5) is 15.8 Å². The summed E-state index contributed by atoms with van der Waals surface area (Å²) in [5.74, 6) is 0.250. The first-order valence-electron chi connectivity index (χ1n) is 9.30. The Labute approximate surface area is 177 Å². The highest BCUT2D eigenvalue weighted by molar-refractivity contribution is 8.00. The summed E-state index contributed by atoms with van der Waals surface area (Å²) in [6.45, 7) is 0. The van der Waals surface area contributed by atoms with Gasteiger partial charge in [-0.2, -0.15) is 0 Å². The van der Waals surface area contributed by atoms with Gasteiger partial charge in [0.05, 0.1) is 12.9 Å². The number of carbonyl (C=O) groups excluding carboxylic acids is 2. The molecule has 4 rings (SSSR count). The van der Waals surface area contributed by atoms with Crippen molar-refractivity contribution in [2.24, 2.45) is 0 Å². The highest BCUT2D eigenvalue weighted by Crippen LogP contribution is 2.42. The van der Waals surface area contributed by atoms with E-state index < -0.39 is 0 Å². The number of carbonyl (C=O) groups is 2. The molecule has 3 aromatic carbocycles. The molecule has 1 aliphatic heterocycles. The molecule has 5 nitrogen and oxygen atoms in total. The largest absolute Gasteiger partial charge is 0.497 e. The predicted molar refractivity (Wildman–Crippen MR) is 116 cm³/mol. The Hall–Kier alpha value is -3.32. The van der Waals surface area contributed by atoms with Gasteiger partial charge in [-0.1, -0.05) is 24.3 Å². The van der Waals surface area contributed by atoms with Crippen molar-refractivity contribution < 1.29 is 18.7 Å². The van der Waals surface area contributed by atoms with E-state index in [0.717, 1.165) is 5.56 Å². The third-order valence-corrected chi connectivity index (χ3v) is 5.95. The zero-order valence-corrected chi connectivity index (χ0v) is 17.0. The number of thioether (sulfide) groups is 1. The van der Waals surface area contributed by atoms with Crippen LogP contribution in [0.2, 0.25) is 0 Å². The second-order valence-electron chi connectivity index (χ2n) is 6.72. The summed E-state index contributed by atoms with van der Waals surface area (Å²) < 4.78 is 18.8. The predicted octanol–water partition coefficient (Wildman–Crippen LogP) is 4.87. The van der Waals surface area contributed by atoms with Crippen LogP contribution >= 0.6 is 11.8 Å². The molecule has 1 N–H and O–H groups in total. The van der Waals surface area contributed by atoms with Gasteiger partial charge in [0, 0.05) is 16.9 Å². The number of amides is 2. The zero-order chi connectivity index (χ0) is 21.1. The highest BCUT2D eigenvalue weighted by atomic mass is 32.2. The Morgan fingerprint density at radius 1 is 1.10 bits per heavy atom. The quantitative estimate of drug-likeness (QED) is 0.638. The van der Waals surface area contributed by atoms with Crippen LogP contribution < -0.4 is 15.0 Å². The standard InChI is InChI=1S/C23H19FN2O3S/c1-29-20-7-2-4-16(12-20)22(28)25-18-10-8-15(9-11-18)23-26(21(27)14-30-23)19-6-3-5-17(24)13-19/h2-13,23H,14H2,1H3,(H,25,28). The molecule has 0 aliphatic carbocycles. The van der Waals surface area contributed by atoms with Gasteiger partial charge in [0.15, 0.2) is 0 Å². The molecule has 0 aromatic heterocycles. The number of hydrogen-bond donors (Lipinski definition) is 1. The molecule has 2 amide bonds. The first-order valence-corrected chi connectivity index (χ1v) is 10.3. The molecule has 1 unspecified atom stereocenters. The molecule has 7 heteroatoms. The Kier molecular flexibility index (Phi) is 5.72. The van der Waals surface area contributed by atoms with E-state index in [1.165, 1.54) is 23.9 Å². The molecular formula is C23H19FN2O3S. The van der Waals surface area contributed by atoms with Gasteiger partial charge in [-0.15, -0.1) is 11.8 Å². The summed E-state index contributed by atoms with van der Waals surface area (Å²) in [5.41, 5.74) is 2.56. The summed E-state index contributed by atoms with van der Waals surface area (Å²) in [6.07, 6.45) is 0. The first-order chi connectivity index (χ1) is 14.5. The lowest BCUT2D eigenvalue weighted by Gasteiger charge is -2.24. The Balaban J connectivity index is 1.51. The van der Waals surface area contributed by atoms with Gasteiger partial charge in [0.2, 0.25) is 5.91 Å². The lowest BCUT2D eigenvalue weighted by atomic mass is 10.1. The van der Waals surface area contributed by atoms with Gasteiger partial charge in [-0.25, -0.2) is 4.39 Å². The molecule has 1 heterocycles. The van der Waals surface area contributed by atoms with Gasteiger partial charge in [-0.05, 0) is 54.1 Å². The van der Waals surface area contributed by atoms with Gasteiger partial charge in [0.1, 0.15) is 16.9 Å². The van der Waals surface area contributed by atoms with Crippen LogP contribution in [0.5, 0.6) is 5.75 Å². The number of anilines is 2. The van der Waals surface area contributed by atoms with Crippen molar-refractivity contribution in [2.75, 3.05) is 23.1 Å². The van der Waals surface area contributed by atoms with E-state index in [1.807, 2.05) is 12.1 Å². The molecule has 1 atom stereocenters. The van der Waals surface area contributed by atoms with E-state index in [-0.39, 0.29) is 23.0 Å². The van der Waals surface area contributed by atoms with Crippen molar-refractivity contribution in [1.82, 2.24) is 0 Å². The average molecular weight is 422 g/mol. The number of rotatable bonds is 5. The van der Waals surface area contributed by atoms with Gasteiger partial charge < -0.3 is 10.1 Å². The van der Waals surface area contributed by atoms with Gasteiger partial charge >= 0.3 is 0 Å². The summed E-state index contributed by atoms with van der Waals surface area (Å²) in [7, 11) is 1.55. The molecule has 0 saturated carbocycles. The maximum absolute atomic E-state index is 13.6. The van der Waals surface area contributed by atoms with Crippen molar-refractivity contribution in [2.45, 2.75) is 5.37 Å². The minimum Gasteiger partial charge on any atom is -0.497 e. The number of benzene rings is 3. The van der Waals surface area contributed by atoms with E-state index in [0.29, 0.717) is 28.4 Å². The Bertz CT molecular complexity index is 1090. The monoisotopic (exact) mass is 422 g/mol. The number of ether oxygens (including phenoxy) is 1. The van der Waals surface area contributed by atoms with Crippen molar-refractivity contribution in [3.8, 4) is 5.75 Å². The molecular weight excluding hydrogens is 403 g/mol. The summed E-state index contributed by atoms with van der Waals surface area (Å²) >= 11 is 1.49. The lowest BCUT2D eigenvalue weighted by Crippen LogP contribution is -2.27. The number of nitrogens with zero attached hydrogens (tertiary/aromatic N) is 1. The highest BCUT2D eigenvalue weighted by Gasteiger charge is 2.34. The van der Waals surface area contributed by atoms with Gasteiger partial charge in [-0.3, -0.25) is 14.5 Å². The van der Waals surface area contributed by atoms with E-state index in [9.17, 15) is 14.0 Å². The van der Waals surface area contributed by atoms with Crippen LogP contribution in [0.1, 0.15) is 21.3 Å². The number of hydrogen-bond acceptors (Lipinski definition) is 4. The molecule has 0 radical (unpaired) electrons. The van der Waals surface area contributed by atoms with E-state index in [2.05, 4.69) is 5.32 Å². The zero-order valence-electron chi connectivity index (χ0n) is 16.2. The fourth-order valence-corrected chi connectivity index (χ4v) is 4.45. The molecule has 0 spiro atoms. The third kappa shape index (κ3) is 4.16. The van der Waals surface area contributed by atoms with Crippen LogP contribution in [-0.2, 0) is 4.79 Å². The molecule has 1 fully saturated rings. The van der Waals surface area contributed by atoms with Crippen LogP contribution in [0, 0.1) is 5.82 Å². The lowest BCUT2D eigenvalue weighted by molar-refractivity contribution is -0.115. The Morgan fingerprint density at radius 3 is 2.60 bits per heavy atom. The maximum atomic E-state index is 13.6. The molecule has 1 saturated heterocycles.